The summed E-state index contributed by atoms with van der Waals surface area (Å²) in [7, 11) is 0. The molecule has 2 aliphatic rings. The third kappa shape index (κ3) is 4.33. The van der Waals surface area contributed by atoms with E-state index in [1.807, 2.05) is 32.9 Å². The average molecular weight is 365 g/mol. The molecule has 5 nitrogen and oxygen atoms in total. The molecule has 1 aromatic rings. The van der Waals surface area contributed by atoms with Gasteiger partial charge in [-0.05, 0) is 70.3 Å². The molecule has 0 spiro atoms. The average Bonchev–Trinajstić information content (AvgIpc) is 2.82. The van der Waals surface area contributed by atoms with E-state index in [4.69, 9.17) is 16.3 Å². The number of hydrogen-bond acceptors (Lipinski definition) is 4. The quantitative estimate of drug-likeness (QED) is 0.873. The van der Waals surface area contributed by atoms with Crippen molar-refractivity contribution in [1.29, 1.82) is 0 Å². The van der Waals surface area contributed by atoms with Crippen LogP contribution >= 0.6 is 11.6 Å². The van der Waals surface area contributed by atoms with Crippen LogP contribution < -0.4 is 5.32 Å². The molecular weight excluding hydrogens is 340 g/mol. The smallest absolute Gasteiger partial charge is 0.407 e. The first kappa shape index (κ1) is 18.2. The maximum atomic E-state index is 12.7. The summed E-state index contributed by atoms with van der Waals surface area (Å²) in [6.45, 7) is 7.07. The van der Waals surface area contributed by atoms with Crippen molar-refractivity contribution in [2.24, 2.45) is 0 Å². The molecule has 6 heteroatoms. The Balaban J connectivity index is 1.63. The summed E-state index contributed by atoms with van der Waals surface area (Å²) in [4.78, 5) is 26.9. The lowest BCUT2D eigenvalue weighted by Gasteiger charge is -2.36. The van der Waals surface area contributed by atoms with Crippen LogP contribution in [0, 0.1) is 0 Å². The number of likely N-dealkylation sites (tertiary alicyclic amines) is 1. The van der Waals surface area contributed by atoms with Crippen LogP contribution in [0.1, 0.15) is 49.5 Å². The zero-order valence-corrected chi connectivity index (χ0v) is 15.7. The number of ketones is 1. The van der Waals surface area contributed by atoms with Crippen molar-refractivity contribution in [2.75, 3.05) is 13.1 Å². The lowest BCUT2D eigenvalue weighted by molar-refractivity contribution is 0.0455. The van der Waals surface area contributed by atoms with Gasteiger partial charge in [0.2, 0.25) is 0 Å². The highest BCUT2D eigenvalue weighted by molar-refractivity contribution is 6.30. The van der Waals surface area contributed by atoms with Gasteiger partial charge in [0, 0.05) is 23.2 Å². The highest BCUT2D eigenvalue weighted by Gasteiger charge is 2.37. The molecule has 0 bridgehead atoms. The van der Waals surface area contributed by atoms with Crippen molar-refractivity contribution in [3.63, 3.8) is 0 Å². The Hall–Kier alpha value is -1.59. The van der Waals surface area contributed by atoms with Crippen LogP contribution in [0.15, 0.2) is 18.2 Å². The van der Waals surface area contributed by atoms with Crippen molar-refractivity contribution < 1.29 is 14.3 Å². The molecule has 1 fully saturated rings. The zero-order chi connectivity index (χ0) is 18.2. The minimum absolute atomic E-state index is 0.00343. The predicted octanol–water partition coefficient (Wildman–Crippen LogP) is 3.44. The van der Waals surface area contributed by atoms with E-state index in [-0.39, 0.29) is 17.9 Å². The van der Waals surface area contributed by atoms with Crippen LogP contribution in [0.3, 0.4) is 0 Å². The molecule has 1 saturated heterocycles. The van der Waals surface area contributed by atoms with E-state index in [0.717, 1.165) is 30.5 Å². The first-order valence-electron chi connectivity index (χ1n) is 8.79. The number of nitrogens with zero attached hydrogens (tertiary/aromatic N) is 1. The Morgan fingerprint density at radius 3 is 2.84 bits per heavy atom. The van der Waals surface area contributed by atoms with Crippen LogP contribution in [0.2, 0.25) is 5.02 Å². The monoisotopic (exact) mass is 364 g/mol. The van der Waals surface area contributed by atoms with E-state index >= 15 is 0 Å². The Kier molecular flexibility index (Phi) is 5.07. The second kappa shape index (κ2) is 6.96. The van der Waals surface area contributed by atoms with Crippen LogP contribution in [0.4, 0.5) is 4.79 Å². The van der Waals surface area contributed by atoms with E-state index in [2.05, 4.69) is 10.2 Å². The molecule has 3 rings (SSSR count). The van der Waals surface area contributed by atoms with E-state index in [1.165, 1.54) is 0 Å². The number of nitrogens with one attached hydrogen (secondary N) is 1. The second-order valence-electron chi connectivity index (χ2n) is 7.87. The molecule has 1 aromatic carbocycles. The first-order chi connectivity index (χ1) is 11.7. The topological polar surface area (TPSA) is 58.6 Å². The van der Waals surface area contributed by atoms with Crippen LogP contribution in [-0.4, -0.2) is 47.6 Å². The van der Waals surface area contributed by atoms with Crippen molar-refractivity contribution in [2.45, 2.75) is 57.7 Å². The molecule has 0 aromatic heterocycles. The van der Waals surface area contributed by atoms with E-state index < -0.39 is 11.7 Å². The van der Waals surface area contributed by atoms with Gasteiger partial charge in [-0.15, -0.1) is 0 Å². The zero-order valence-electron chi connectivity index (χ0n) is 15.0. The molecule has 1 aliphatic carbocycles. The summed E-state index contributed by atoms with van der Waals surface area (Å²) in [6, 6.07) is 5.32. The fourth-order valence-electron chi connectivity index (χ4n) is 3.63. The second-order valence-corrected chi connectivity index (χ2v) is 8.30. The highest BCUT2D eigenvalue weighted by atomic mass is 35.5. The first-order valence-corrected chi connectivity index (χ1v) is 9.17. The number of alkyl carbamates (subject to hydrolysis) is 1. The predicted molar refractivity (Wildman–Crippen MR) is 97.2 cm³/mol. The normalized spacial score (nSPS) is 24.1. The fraction of sp³-hybridized carbons (Fsp3) is 0.579. The Labute approximate surface area is 153 Å². The van der Waals surface area contributed by atoms with Crippen molar-refractivity contribution in [3.05, 3.63) is 34.3 Å². The SMILES string of the molecule is CC(C)(C)OC(=O)NC1CCCN([C@@H]2Cc3cc(Cl)ccc3C2=O)C1. The van der Waals surface area contributed by atoms with Gasteiger partial charge >= 0.3 is 6.09 Å². The van der Waals surface area contributed by atoms with Gasteiger partial charge in [-0.1, -0.05) is 11.6 Å². The number of ether oxygens (including phenoxy) is 1. The maximum Gasteiger partial charge on any atom is 0.407 e. The largest absolute Gasteiger partial charge is 0.444 e. The number of Topliss-reactive ketones (excluding diaryl/α,β-unsaturated/α-hetero) is 1. The maximum absolute atomic E-state index is 12.7. The van der Waals surface area contributed by atoms with Gasteiger partial charge in [0.15, 0.2) is 5.78 Å². The van der Waals surface area contributed by atoms with Crippen molar-refractivity contribution in [1.82, 2.24) is 10.2 Å². The van der Waals surface area contributed by atoms with Gasteiger partial charge < -0.3 is 10.1 Å². The minimum atomic E-state index is -0.513. The lowest BCUT2D eigenvalue weighted by atomic mass is 10.0. The molecule has 136 valence electrons. The molecule has 1 unspecified atom stereocenters. The van der Waals surface area contributed by atoms with Crippen LogP contribution in [0.25, 0.3) is 0 Å². The minimum Gasteiger partial charge on any atom is -0.444 e. The number of carbonyl (C=O) groups excluding carboxylic acids is 2. The third-order valence-electron chi connectivity index (χ3n) is 4.66. The molecule has 1 amide bonds. The van der Waals surface area contributed by atoms with E-state index in [1.54, 1.807) is 6.07 Å². The molecule has 1 heterocycles. The van der Waals surface area contributed by atoms with E-state index in [0.29, 0.717) is 18.0 Å². The number of piperidine rings is 1. The van der Waals surface area contributed by atoms with Gasteiger partial charge in [0.1, 0.15) is 5.60 Å². The number of halogens is 1. The van der Waals surface area contributed by atoms with Crippen molar-refractivity contribution in [3.8, 4) is 0 Å². The Bertz CT molecular complexity index is 684. The standard InChI is InChI=1S/C19H25ClN2O3/c1-19(2,3)25-18(24)21-14-5-4-8-22(11-14)16-10-12-9-13(20)6-7-15(12)17(16)23/h6-7,9,14,16H,4-5,8,10-11H2,1-3H3,(H,21,24)/t14?,16-/m1/s1. The molecule has 2 atom stereocenters. The number of benzene rings is 1. The number of carbonyl (C=O) groups is 2. The summed E-state index contributed by atoms with van der Waals surface area (Å²) < 4.78 is 5.34. The fourth-order valence-corrected chi connectivity index (χ4v) is 3.82. The summed E-state index contributed by atoms with van der Waals surface area (Å²) >= 11 is 6.05. The molecule has 25 heavy (non-hydrogen) atoms. The van der Waals surface area contributed by atoms with Gasteiger partial charge in [0.05, 0.1) is 6.04 Å². The molecular formula is C19H25ClN2O3. The highest BCUT2D eigenvalue weighted by Crippen LogP contribution is 2.29. The molecule has 1 aliphatic heterocycles. The van der Waals surface area contributed by atoms with Gasteiger partial charge in [-0.2, -0.15) is 0 Å². The van der Waals surface area contributed by atoms with Gasteiger partial charge in [0.25, 0.3) is 0 Å². The summed E-state index contributed by atoms with van der Waals surface area (Å²) in [5.74, 6) is 0.157. The summed E-state index contributed by atoms with van der Waals surface area (Å²) in [6.07, 6.45) is 2.14. The molecule has 1 N–H and O–H groups in total. The van der Waals surface area contributed by atoms with Crippen molar-refractivity contribution >= 4 is 23.5 Å². The Morgan fingerprint density at radius 2 is 2.12 bits per heavy atom. The lowest BCUT2D eigenvalue weighted by Crippen LogP contribution is -2.53. The summed E-state index contributed by atoms with van der Waals surface area (Å²) in [5, 5.41) is 3.60. The van der Waals surface area contributed by atoms with Crippen LogP contribution in [-0.2, 0) is 11.2 Å². The number of rotatable bonds is 2. The van der Waals surface area contributed by atoms with Gasteiger partial charge in [-0.25, -0.2) is 4.79 Å². The molecule has 0 radical (unpaired) electrons. The van der Waals surface area contributed by atoms with Crippen LogP contribution in [0.5, 0.6) is 0 Å². The number of hydrogen-bond donors (Lipinski definition) is 1. The Morgan fingerprint density at radius 1 is 1.36 bits per heavy atom. The summed E-state index contributed by atoms with van der Waals surface area (Å²) in [5.41, 5.74) is 1.28. The van der Waals surface area contributed by atoms with E-state index in [9.17, 15) is 9.59 Å². The molecule has 0 saturated carbocycles. The number of fused-ring (bicyclic) bond motifs is 1. The number of amides is 1. The third-order valence-corrected chi connectivity index (χ3v) is 4.90. The van der Waals surface area contributed by atoms with Gasteiger partial charge in [-0.3, -0.25) is 9.69 Å².